The summed E-state index contributed by atoms with van der Waals surface area (Å²) in [5.41, 5.74) is 2.58. The normalized spacial score (nSPS) is 14.5. The highest BCUT2D eigenvalue weighted by atomic mass is 35.5. The number of thioether (sulfide) groups is 1. The number of carbonyl (C=O) groups is 4. The zero-order valence-corrected chi connectivity index (χ0v) is 22.9. The first kappa shape index (κ1) is 27.8. The van der Waals surface area contributed by atoms with Crippen molar-refractivity contribution >= 4 is 52.6 Å². The zero-order valence-electron chi connectivity index (χ0n) is 21.3. The number of anilines is 1. The maximum Gasteiger partial charge on any atom is 0.338 e. The van der Waals surface area contributed by atoms with Crippen LogP contribution in [0.3, 0.4) is 0 Å². The second-order valence-corrected chi connectivity index (χ2v) is 10.6. The summed E-state index contributed by atoms with van der Waals surface area (Å²) in [6.45, 7) is -0.412. The predicted octanol–water partition coefficient (Wildman–Crippen LogP) is 5.74. The Morgan fingerprint density at radius 1 is 0.951 bits per heavy atom. The minimum atomic E-state index is -0.781. The van der Waals surface area contributed by atoms with Crippen molar-refractivity contribution in [3.05, 3.63) is 113 Å². The predicted molar refractivity (Wildman–Crippen MR) is 154 cm³/mol. The van der Waals surface area contributed by atoms with Gasteiger partial charge < -0.3 is 4.74 Å². The lowest BCUT2D eigenvalue weighted by molar-refractivity contribution is -0.121. The zero-order chi connectivity index (χ0) is 28.9. The van der Waals surface area contributed by atoms with Crippen LogP contribution in [-0.4, -0.2) is 40.4 Å². The standard InChI is InChI=1S/C31H20ClN3O5S/c32-23-11-6-19(7-12-23)25-15-10-22(17-33)29(34-25)41-27-16-28(37)35(30(27)38)24-13-8-21(9-14-24)31(39)40-18-26(36)20-4-2-1-3-5-20/h1-15,27H,16,18H2. The van der Waals surface area contributed by atoms with Crippen LogP contribution in [0.1, 0.15) is 32.7 Å². The number of aromatic nitrogens is 1. The molecule has 0 bridgehead atoms. The van der Waals surface area contributed by atoms with E-state index in [1.54, 1.807) is 66.7 Å². The van der Waals surface area contributed by atoms with E-state index >= 15 is 0 Å². The van der Waals surface area contributed by atoms with E-state index in [1.807, 2.05) is 0 Å². The Bertz CT molecular complexity index is 1690. The molecule has 1 fully saturated rings. The van der Waals surface area contributed by atoms with E-state index in [9.17, 15) is 24.4 Å². The second-order valence-electron chi connectivity index (χ2n) is 8.96. The van der Waals surface area contributed by atoms with Crippen LogP contribution in [-0.2, 0) is 14.3 Å². The molecule has 4 aromatic rings. The summed E-state index contributed by atoms with van der Waals surface area (Å²) in [6.07, 6.45) is -0.0768. The maximum absolute atomic E-state index is 13.3. The van der Waals surface area contributed by atoms with Crippen LogP contribution >= 0.6 is 23.4 Å². The molecule has 0 N–H and O–H groups in total. The van der Waals surface area contributed by atoms with Crippen molar-refractivity contribution in [3.63, 3.8) is 0 Å². The maximum atomic E-state index is 13.3. The van der Waals surface area contributed by atoms with Crippen molar-refractivity contribution in [1.29, 1.82) is 5.26 Å². The number of nitrogens with zero attached hydrogens (tertiary/aromatic N) is 3. The largest absolute Gasteiger partial charge is 0.454 e. The van der Waals surface area contributed by atoms with E-state index in [0.29, 0.717) is 32.6 Å². The van der Waals surface area contributed by atoms with Gasteiger partial charge in [0.25, 0.3) is 0 Å². The van der Waals surface area contributed by atoms with Crippen LogP contribution in [0.5, 0.6) is 0 Å². The van der Waals surface area contributed by atoms with Gasteiger partial charge in [-0.1, -0.05) is 65.8 Å². The molecule has 2 heterocycles. The molecule has 1 aromatic heterocycles. The lowest BCUT2D eigenvalue weighted by Gasteiger charge is -2.15. The molecule has 1 aliphatic rings. The fourth-order valence-corrected chi connectivity index (χ4v) is 5.39. The summed E-state index contributed by atoms with van der Waals surface area (Å²) in [5.74, 6) is -1.90. The SMILES string of the molecule is N#Cc1ccc(-c2ccc(Cl)cc2)nc1SC1CC(=O)N(c2ccc(C(=O)OCC(=O)c3ccccc3)cc2)C1=O. The number of amides is 2. The van der Waals surface area contributed by atoms with E-state index in [2.05, 4.69) is 11.1 Å². The van der Waals surface area contributed by atoms with Gasteiger partial charge in [0.1, 0.15) is 11.1 Å². The van der Waals surface area contributed by atoms with Gasteiger partial charge in [-0.2, -0.15) is 5.26 Å². The molecule has 1 unspecified atom stereocenters. The van der Waals surface area contributed by atoms with Crippen molar-refractivity contribution in [3.8, 4) is 17.3 Å². The Balaban J connectivity index is 1.27. The van der Waals surface area contributed by atoms with Gasteiger partial charge in [-0.15, -0.1) is 0 Å². The Morgan fingerprint density at radius 2 is 1.66 bits per heavy atom. The van der Waals surface area contributed by atoms with E-state index < -0.39 is 29.6 Å². The molecule has 2 amide bonds. The fourth-order valence-electron chi connectivity index (χ4n) is 4.17. The molecule has 8 nitrogen and oxygen atoms in total. The number of Topliss-reactive ketones (excluding diaryl/α,β-unsaturated/α-hetero) is 1. The molecule has 10 heteroatoms. The fraction of sp³-hybridized carbons (Fsp3) is 0.0968. The number of benzene rings is 3. The van der Waals surface area contributed by atoms with Gasteiger partial charge in [0, 0.05) is 22.6 Å². The number of hydrogen-bond acceptors (Lipinski definition) is 8. The quantitative estimate of drug-likeness (QED) is 0.147. The molecule has 0 radical (unpaired) electrons. The number of imide groups is 1. The highest BCUT2D eigenvalue weighted by Crippen LogP contribution is 2.36. The molecule has 1 aliphatic heterocycles. The Morgan fingerprint density at radius 3 is 2.34 bits per heavy atom. The third kappa shape index (κ3) is 6.19. The lowest BCUT2D eigenvalue weighted by Crippen LogP contribution is -2.31. The van der Waals surface area contributed by atoms with Gasteiger partial charge in [0.05, 0.1) is 27.8 Å². The number of carbonyl (C=O) groups excluding carboxylic acids is 4. The summed E-state index contributed by atoms with van der Waals surface area (Å²) >= 11 is 7.04. The van der Waals surface area contributed by atoms with E-state index in [4.69, 9.17) is 16.3 Å². The monoisotopic (exact) mass is 581 g/mol. The molecule has 0 saturated carbocycles. The van der Waals surface area contributed by atoms with Crippen LogP contribution in [0, 0.1) is 11.3 Å². The second kappa shape index (κ2) is 12.2. The molecule has 0 spiro atoms. The molecular formula is C31H20ClN3O5S. The summed E-state index contributed by atoms with van der Waals surface area (Å²) in [4.78, 5) is 56.4. The average Bonchev–Trinajstić information content (AvgIpc) is 3.28. The molecule has 0 aliphatic carbocycles. The Kier molecular flexibility index (Phi) is 8.24. The van der Waals surface area contributed by atoms with Crippen LogP contribution in [0.2, 0.25) is 5.02 Å². The minimum absolute atomic E-state index is 0.0768. The van der Waals surface area contributed by atoms with E-state index in [0.717, 1.165) is 22.2 Å². The van der Waals surface area contributed by atoms with Gasteiger partial charge in [-0.05, 0) is 48.5 Å². The topological polar surface area (TPSA) is 117 Å². The lowest BCUT2D eigenvalue weighted by atomic mass is 10.1. The summed E-state index contributed by atoms with van der Waals surface area (Å²) in [5, 5.41) is 9.74. The molecule has 1 atom stereocenters. The van der Waals surface area contributed by atoms with Crippen LogP contribution in [0.4, 0.5) is 5.69 Å². The highest BCUT2D eigenvalue weighted by molar-refractivity contribution is 8.00. The number of rotatable bonds is 8. The number of ether oxygens (including phenoxy) is 1. The number of nitriles is 1. The smallest absolute Gasteiger partial charge is 0.338 e. The number of halogens is 1. The third-order valence-electron chi connectivity index (χ3n) is 6.27. The summed E-state index contributed by atoms with van der Waals surface area (Å²) in [6, 6.07) is 26.8. The minimum Gasteiger partial charge on any atom is -0.454 e. The first-order valence-electron chi connectivity index (χ1n) is 12.4. The van der Waals surface area contributed by atoms with Gasteiger partial charge >= 0.3 is 5.97 Å². The van der Waals surface area contributed by atoms with Gasteiger partial charge in [0.2, 0.25) is 11.8 Å². The third-order valence-corrected chi connectivity index (χ3v) is 7.71. The number of ketones is 1. The van der Waals surface area contributed by atoms with Crippen molar-refractivity contribution < 1.29 is 23.9 Å². The van der Waals surface area contributed by atoms with Gasteiger partial charge in [0.15, 0.2) is 12.4 Å². The number of pyridine rings is 1. The molecular weight excluding hydrogens is 562 g/mol. The molecule has 1 saturated heterocycles. The Hall–Kier alpha value is -4.78. The van der Waals surface area contributed by atoms with Crippen LogP contribution in [0.15, 0.2) is 96.0 Å². The molecule has 5 rings (SSSR count). The Labute approximate surface area is 244 Å². The molecule has 41 heavy (non-hydrogen) atoms. The summed E-state index contributed by atoms with van der Waals surface area (Å²) in [7, 11) is 0. The van der Waals surface area contributed by atoms with Crippen LogP contribution < -0.4 is 4.90 Å². The van der Waals surface area contributed by atoms with Crippen molar-refractivity contribution in [1.82, 2.24) is 4.98 Å². The summed E-state index contributed by atoms with van der Waals surface area (Å²) < 4.78 is 5.13. The first-order valence-corrected chi connectivity index (χ1v) is 13.7. The average molecular weight is 582 g/mol. The van der Waals surface area contributed by atoms with Crippen LogP contribution in [0.25, 0.3) is 11.3 Å². The van der Waals surface area contributed by atoms with Crippen molar-refractivity contribution in [2.24, 2.45) is 0 Å². The van der Waals surface area contributed by atoms with E-state index in [1.165, 1.54) is 24.3 Å². The van der Waals surface area contributed by atoms with Crippen molar-refractivity contribution in [2.75, 3.05) is 11.5 Å². The number of esters is 1. The van der Waals surface area contributed by atoms with E-state index in [-0.39, 0.29) is 17.8 Å². The van der Waals surface area contributed by atoms with Crippen molar-refractivity contribution in [2.45, 2.75) is 16.7 Å². The highest BCUT2D eigenvalue weighted by Gasteiger charge is 2.40. The van der Waals surface area contributed by atoms with Gasteiger partial charge in [-0.25, -0.2) is 14.7 Å². The number of hydrogen-bond donors (Lipinski definition) is 0. The molecule has 3 aromatic carbocycles. The molecule has 202 valence electrons. The first-order chi connectivity index (χ1) is 19.8. The van der Waals surface area contributed by atoms with Gasteiger partial charge in [-0.3, -0.25) is 14.4 Å².